The number of carbonyl (C=O) groups is 1. The molecule has 176 valence electrons. The summed E-state index contributed by atoms with van der Waals surface area (Å²) in [7, 11) is 0. The smallest absolute Gasteiger partial charge is 0.233 e. The van der Waals surface area contributed by atoms with Crippen molar-refractivity contribution in [1.29, 1.82) is 0 Å². The number of aromatic amines is 1. The van der Waals surface area contributed by atoms with Crippen molar-refractivity contribution in [1.82, 2.24) is 25.0 Å². The summed E-state index contributed by atoms with van der Waals surface area (Å²) in [6.45, 7) is 4.14. The first-order chi connectivity index (χ1) is 16.6. The number of benzene rings is 2. The second kappa shape index (κ2) is 10.3. The van der Waals surface area contributed by atoms with Crippen LogP contribution in [0.5, 0.6) is 11.5 Å². The highest BCUT2D eigenvalue weighted by molar-refractivity contribution is 7.99. The van der Waals surface area contributed by atoms with Gasteiger partial charge in [-0.1, -0.05) is 36.0 Å². The van der Waals surface area contributed by atoms with E-state index in [0.717, 1.165) is 36.7 Å². The fourth-order valence-electron chi connectivity index (χ4n) is 3.82. The molecule has 0 spiro atoms. The lowest BCUT2D eigenvalue weighted by Gasteiger charge is -2.34. The van der Waals surface area contributed by atoms with E-state index in [-0.39, 0.29) is 18.5 Å². The average Bonchev–Trinajstić information content (AvgIpc) is 3.52. The average molecular weight is 482 g/mol. The Morgan fingerprint density at radius 1 is 1.06 bits per heavy atom. The molecule has 10 heteroatoms. The van der Waals surface area contributed by atoms with Crippen LogP contribution in [0.25, 0.3) is 12.2 Å². The Morgan fingerprint density at radius 2 is 1.85 bits per heavy atom. The molecule has 0 atom stereocenters. The number of amides is 1. The Labute approximate surface area is 200 Å². The van der Waals surface area contributed by atoms with E-state index in [9.17, 15) is 9.18 Å². The number of thioether (sulfide) groups is 1. The molecule has 0 unspecified atom stereocenters. The molecule has 3 heterocycles. The van der Waals surface area contributed by atoms with Crippen LogP contribution in [0.2, 0.25) is 0 Å². The molecule has 2 aliphatic heterocycles. The van der Waals surface area contributed by atoms with Gasteiger partial charge in [-0.2, -0.15) is 0 Å². The van der Waals surface area contributed by atoms with Gasteiger partial charge in [0.1, 0.15) is 11.6 Å². The fraction of sp³-hybridized carbons (Fsp3) is 0.292. The van der Waals surface area contributed by atoms with Crippen LogP contribution in [-0.4, -0.2) is 69.6 Å². The molecule has 0 saturated carbocycles. The van der Waals surface area contributed by atoms with E-state index in [1.54, 1.807) is 18.2 Å². The minimum atomic E-state index is -0.272. The maximum atomic E-state index is 13.0. The van der Waals surface area contributed by atoms with E-state index in [1.165, 1.54) is 29.5 Å². The van der Waals surface area contributed by atoms with Gasteiger partial charge in [-0.3, -0.25) is 14.8 Å². The van der Waals surface area contributed by atoms with Crippen LogP contribution >= 0.6 is 11.8 Å². The standard InChI is InChI=1S/C24H24FN5O3S/c25-19-5-1-17(2-6-19)4-8-22-26-24(28-27-22)34-15-23(31)30-11-9-29(10-12-30)14-18-3-7-20-21(13-18)33-16-32-20/h1-8,13H,9-12,14-16H2,(H,26,27,28). The SMILES string of the molecule is O=C(CSc1n[nH]c(C=Cc2ccc(F)cc2)n1)N1CCN(Cc2ccc3c(c2)OCO3)CC1. The normalized spacial score (nSPS) is 15.9. The van der Waals surface area contributed by atoms with Gasteiger partial charge in [0.05, 0.1) is 5.75 Å². The number of halogens is 1. The molecule has 1 amide bonds. The van der Waals surface area contributed by atoms with Gasteiger partial charge >= 0.3 is 0 Å². The van der Waals surface area contributed by atoms with Crippen LogP contribution in [0.1, 0.15) is 17.0 Å². The molecule has 2 aromatic carbocycles. The van der Waals surface area contributed by atoms with E-state index in [4.69, 9.17) is 9.47 Å². The first-order valence-electron chi connectivity index (χ1n) is 11.0. The number of carbonyl (C=O) groups excluding carboxylic acids is 1. The van der Waals surface area contributed by atoms with E-state index in [0.29, 0.717) is 29.8 Å². The Balaban J connectivity index is 1.06. The predicted molar refractivity (Wildman–Crippen MR) is 127 cm³/mol. The highest BCUT2D eigenvalue weighted by Crippen LogP contribution is 2.32. The quantitative estimate of drug-likeness (QED) is 0.519. The zero-order chi connectivity index (χ0) is 23.3. The number of nitrogens with zero attached hydrogens (tertiary/aromatic N) is 4. The van der Waals surface area contributed by atoms with Gasteiger partial charge < -0.3 is 14.4 Å². The van der Waals surface area contributed by atoms with Crippen LogP contribution in [0, 0.1) is 5.82 Å². The molecular weight excluding hydrogens is 457 g/mol. The van der Waals surface area contributed by atoms with Crippen molar-refractivity contribution < 1.29 is 18.7 Å². The number of aromatic nitrogens is 3. The van der Waals surface area contributed by atoms with Gasteiger partial charge in [-0.15, -0.1) is 5.10 Å². The van der Waals surface area contributed by atoms with Crippen LogP contribution in [0.15, 0.2) is 47.6 Å². The monoisotopic (exact) mass is 481 g/mol. The third kappa shape index (κ3) is 5.57. The van der Waals surface area contributed by atoms with Crippen molar-refractivity contribution >= 4 is 29.8 Å². The summed E-state index contributed by atoms with van der Waals surface area (Å²) >= 11 is 1.31. The van der Waals surface area contributed by atoms with E-state index in [1.807, 2.05) is 23.1 Å². The maximum absolute atomic E-state index is 13.0. The van der Waals surface area contributed by atoms with Crippen molar-refractivity contribution in [3.05, 3.63) is 65.2 Å². The molecule has 0 aliphatic carbocycles. The Morgan fingerprint density at radius 3 is 2.68 bits per heavy atom. The zero-order valence-corrected chi connectivity index (χ0v) is 19.3. The molecule has 3 aromatic rings. The van der Waals surface area contributed by atoms with Crippen molar-refractivity contribution in [2.24, 2.45) is 0 Å². The third-order valence-corrected chi connectivity index (χ3v) is 6.51. The van der Waals surface area contributed by atoms with Gasteiger partial charge in [0.25, 0.3) is 0 Å². The lowest BCUT2D eigenvalue weighted by Crippen LogP contribution is -2.48. The number of H-pyrrole nitrogens is 1. The van der Waals surface area contributed by atoms with Gasteiger partial charge in [0.15, 0.2) is 11.5 Å². The molecule has 1 saturated heterocycles. The van der Waals surface area contributed by atoms with Crippen molar-refractivity contribution in [3.63, 3.8) is 0 Å². The maximum Gasteiger partial charge on any atom is 0.233 e. The summed E-state index contributed by atoms with van der Waals surface area (Å²) in [6.07, 6.45) is 3.59. The molecule has 5 rings (SSSR count). The number of rotatable bonds is 7. The summed E-state index contributed by atoms with van der Waals surface area (Å²) in [4.78, 5) is 21.3. The predicted octanol–water partition coefficient (Wildman–Crippen LogP) is 3.28. The first kappa shape index (κ1) is 22.4. The molecule has 1 aromatic heterocycles. The summed E-state index contributed by atoms with van der Waals surface area (Å²) in [5, 5.41) is 7.53. The number of piperazine rings is 1. The topological polar surface area (TPSA) is 83.6 Å². The lowest BCUT2D eigenvalue weighted by molar-refractivity contribution is -0.130. The van der Waals surface area contributed by atoms with Gasteiger partial charge in [0, 0.05) is 32.7 Å². The van der Waals surface area contributed by atoms with Crippen LogP contribution < -0.4 is 9.47 Å². The van der Waals surface area contributed by atoms with Gasteiger partial charge in [-0.25, -0.2) is 9.37 Å². The molecule has 0 radical (unpaired) electrons. The lowest BCUT2D eigenvalue weighted by atomic mass is 10.1. The third-order valence-electron chi connectivity index (χ3n) is 5.68. The zero-order valence-electron chi connectivity index (χ0n) is 18.4. The minimum Gasteiger partial charge on any atom is -0.454 e. The summed E-state index contributed by atoms with van der Waals surface area (Å²) < 4.78 is 23.8. The summed E-state index contributed by atoms with van der Waals surface area (Å²) in [6, 6.07) is 12.2. The number of nitrogens with one attached hydrogen (secondary N) is 1. The summed E-state index contributed by atoms with van der Waals surface area (Å²) in [5.74, 6) is 2.27. The Hall–Kier alpha value is -3.37. The second-order valence-corrected chi connectivity index (χ2v) is 8.96. The molecule has 34 heavy (non-hydrogen) atoms. The minimum absolute atomic E-state index is 0.0842. The molecule has 2 aliphatic rings. The van der Waals surface area contributed by atoms with Crippen LogP contribution in [0.3, 0.4) is 0 Å². The second-order valence-electron chi connectivity index (χ2n) is 8.02. The van der Waals surface area contributed by atoms with Crippen LogP contribution in [-0.2, 0) is 11.3 Å². The summed E-state index contributed by atoms with van der Waals surface area (Å²) in [5.41, 5.74) is 2.04. The number of hydrogen-bond donors (Lipinski definition) is 1. The van der Waals surface area contributed by atoms with E-state index < -0.39 is 0 Å². The number of hydrogen-bond acceptors (Lipinski definition) is 7. The largest absolute Gasteiger partial charge is 0.454 e. The van der Waals surface area contributed by atoms with Gasteiger partial charge in [0.2, 0.25) is 17.9 Å². The van der Waals surface area contributed by atoms with Crippen LogP contribution in [0.4, 0.5) is 4.39 Å². The Kier molecular flexibility index (Phi) is 6.77. The van der Waals surface area contributed by atoms with Crippen molar-refractivity contribution in [3.8, 4) is 11.5 Å². The first-order valence-corrected chi connectivity index (χ1v) is 12.0. The van der Waals surface area contributed by atoms with Crippen molar-refractivity contribution in [2.45, 2.75) is 11.7 Å². The number of fused-ring (bicyclic) bond motifs is 1. The molecule has 1 fully saturated rings. The van der Waals surface area contributed by atoms with E-state index in [2.05, 4.69) is 26.1 Å². The highest BCUT2D eigenvalue weighted by Gasteiger charge is 2.22. The molecule has 8 nitrogen and oxygen atoms in total. The molecular formula is C24H24FN5O3S. The highest BCUT2D eigenvalue weighted by atomic mass is 32.2. The number of ether oxygens (including phenoxy) is 2. The molecule has 0 bridgehead atoms. The Bertz CT molecular complexity index is 1180. The fourth-order valence-corrected chi connectivity index (χ4v) is 4.52. The van der Waals surface area contributed by atoms with E-state index >= 15 is 0 Å². The van der Waals surface area contributed by atoms with Crippen molar-refractivity contribution in [2.75, 3.05) is 38.7 Å². The van der Waals surface area contributed by atoms with Gasteiger partial charge in [-0.05, 0) is 41.5 Å². The molecule has 1 N–H and O–H groups in total.